The average Bonchev–Trinajstić information content (AvgIpc) is 3.11. The Morgan fingerprint density at radius 1 is 1.10 bits per heavy atom. The molecule has 0 saturated carbocycles. The van der Waals surface area contributed by atoms with E-state index in [0.29, 0.717) is 27.7 Å². The number of methoxy groups -OCH3 is 1. The van der Waals surface area contributed by atoms with Crippen molar-refractivity contribution in [1.82, 2.24) is 4.98 Å². The zero-order chi connectivity index (χ0) is 21.7. The van der Waals surface area contributed by atoms with Crippen LogP contribution < -0.4 is 21.1 Å². The summed E-state index contributed by atoms with van der Waals surface area (Å²) in [6, 6.07) is 13.2. The van der Waals surface area contributed by atoms with Crippen LogP contribution in [0.25, 0.3) is 0 Å². The third kappa shape index (κ3) is 5.11. The van der Waals surface area contributed by atoms with E-state index in [4.69, 9.17) is 15.6 Å². The Balaban J connectivity index is 1.76. The van der Waals surface area contributed by atoms with Crippen molar-refractivity contribution in [1.29, 1.82) is 0 Å². The van der Waals surface area contributed by atoms with Crippen molar-refractivity contribution >= 4 is 44.9 Å². The number of hydrogen-bond acceptors (Lipinski definition) is 7. The molecule has 0 unspecified atom stereocenters. The summed E-state index contributed by atoms with van der Waals surface area (Å²) in [5.74, 6) is -1.51. The number of carboxylic acid groups (broad SMARTS) is 1. The number of carbonyl (C=O) groups is 3. The Bertz CT molecular complexity index is 1080. The van der Waals surface area contributed by atoms with Gasteiger partial charge in [0.05, 0.1) is 13.5 Å². The molecule has 0 aliphatic heterocycles. The summed E-state index contributed by atoms with van der Waals surface area (Å²) in [4.78, 5) is 39.2. The molecule has 0 atom stereocenters. The monoisotopic (exact) mass is 426 g/mol. The topological polar surface area (TPSA) is 144 Å². The van der Waals surface area contributed by atoms with E-state index in [1.165, 1.54) is 12.1 Å². The molecule has 0 saturated heterocycles. The first-order chi connectivity index (χ1) is 14.4. The summed E-state index contributed by atoms with van der Waals surface area (Å²) in [6.07, 6.45) is -0.136. The molecular formula is C20H18N4O5S. The quantitative estimate of drug-likeness (QED) is 0.433. The molecule has 1 heterocycles. The molecule has 1 aromatic heterocycles. The summed E-state index contributed by atoms with van der Waals surface area (Å²) >= 11 is 1.06. The third-order valence-corrected chi connectivity index (χ3v) is 4.89. The fourth-order valence-corrected chi connectivity index (χ4v) is 3.43. The Kier molecular flexibility index (Phi) is 6.28. The lowest BCUT2D eigenvalue weighted by Gasteiger charge is -2.05. The van der Waals surface area contributed by atoms with Gasteiger partial charge in [-0.1, -0.05) is 23.5 Å². The van der Waals surface area contributed by atoms with Gasteiger partial charge in [0, 0.05) is 11.3 Å². The van der Waals surface area contributed by atoms with E-state index in [1.54, 1.807) is 43.5 Å². The van der Waals surface area contributed by atoms with Crippen LogP contribution in [0.1, 0.15) is 26.4 Å². The van der Waals surface area contributed by atoms with Crippen molar-refractivity contribution in [2.75, 3.05) is 17.7 Å². The van der Waals surface area contributed by atoms with Crippen molar-refractivity contribution in [2.45, 2.75) is 6.42 Å². The van der Waals surface area contributed by atoms with Crippen molar-refractivity contribution < 1.29 is 24.2 Å². The number of hydrogen-bond donors (Lipinski definition) is 4. The van der Waals surface area contributed by atoms with Crippen LogP contribution >= 0.6 is 11.3 Å². The number of primary amides is 1. The Hall–Kier alpha value is -3.92. The maximum absolute atomic E-state index is 12.5. The van der Waals surface area contributed by atoms with Crippen LogP contribution in [0.15, 0.2) is 48.5 Å². The minimum absolute atomic E-state index is 0.0631. The van der Waals surface area contributed by atoms with Crippen molar-refractivity contribution in [2.24, 2.45) is 5.73 Å². The van der Waals surface area contributed by atoms with Crippen LogP contribution in [0.4, 0.5) is 15.8 Å². The Labute approximate surface area is 175 Å². The second kappa shape index (κ2) is 9.05. The lowest BCUT2D eigenvalue weighted by Crippen LogP contribution is -2.17. The maximum Gasteiger partial charge on any atom is 0.307 e. The van der Waals surface area contributed by atoms with Gasteiger partial charge in [0.25, 0.3) is 11.8 Å². The summed E-state index contributed by atoms with van der Waals surface area (Å²) < 4.78 is 5.11. The molecule has 30 heavy (non-hydrogen) atoms. The van der Waals surface area contributed by atoms with Crippen molar-refractivity contribution in [3.05, 3.63) is 65.4 Å². The first kappa shape index (κ1) is 20.8. The maximum atomic E-state index is 12.5. The highest BCUT2D eigenvalue weighted by Crippen LogP contribution is 2.31. The fourth-order valence-electron chi connectivity index (χ4n) is 2.55. The molecule has 5 N–H and O–H groups in total. The minimum Gasteiger partial charge on any atom is -0.497 e. The van der Waals surface area contributed by atoms with E-state index < -0.39 is 17.8 Å². The number of nitrogens with zero attached hydrogens (tertiary/aromatic N) is 1. The number of nitrogens with one attached hydrogen (secondary N) is 2. The van der Waals surface area contributed by atoms with Gasteiger partial charge in [-0.2, -0.15) is 0 Å². The number of ether oxygens (including phenoxy) is 1. The van der Waals surface area contributed by atoms with E-state index >= 15 is 0 Å². The number of rotatable bonds is 8. The van der Waals surface area contributed by atoms with Crippen molar-refractivity contribution in [3.63, 3.8) is 0 Å². The molecule has 0 spiro atoms. The van der Waals surface area contributed by atoms with Gasteiger partial charge in [0.15, 0.2) is 10.8 Å². The van der Waals surface area contributed by atoms with Gasteiger partial charge in [0.1, 0.15) is 10.8 Å². The fraction of sp³-hybridized carbons (Fsp3) is 0.100. The zero-order valence-electron chi connectivity index (χ0n) is 15.8. The third-order valence-electron chi connectivity index (χ3n) is 4.00. The summed E-state index contributed by atoms with van der Waals surface area (Å²) in [7, 11) is 1.57. The van der Waals surface area contributed by atoms with E-state index in [9.17, 15) is 14.4 Å². The lowest BCUT2D eigenvalue weighted by molar-refractivity contribution is -0.136. The molecule has 10 heteroatoms. The van der Waals surface area contributed by atoms with Gasteiger partial charge >= 0.3 is 5.97 Å². The van der Waals surface area contributed by atoms with Crippen LogP contribution in [0.2, 0.25) is 0 Å². The van der Waals surface area contributed by atoms with Crippen LogP contribution in [0, 0.1) is 0 Å². The number of benzene rings is 2. The molecule has 0 bridgehead atoms. The number of amides is 2. The molecule has 3 rings (SSSR count). The van der Waals surface area contributed by atoms with Gasteiger partial charge in [-0.25, -0.2) is 4.98 Å². The normalized spacial score (nSPS) is 10.3. The van der Waals surface area contributed by atoms with Crippen LogP contribution in [-0.2, 0) is 11.2 Å². The second-order valence-corrected chi connectivity index (χ2v) is 7.14. The van der Waals surface area contributed by atoms with Crippen LogP contribution in [0.3, 0.4) is 0 Å². The van der Waals surface area contributed by atoms with Gasteiger partial charge < -0.3 is 26.2 Å². The highest BCUT2D eigenvalue weighted by molar-refractivity contribution is 7.20. The molecule has 3 aromatic rings. The zero-order valence-corrected chi connectivity index (χ0v) is 16.7. The number of anilines is 3. The summed E-state index contributed by atoms with van der Waals surface area (Å²) in [5, 5.41) is 15.1. The summed E-state index contributed by atoms with van der Waals surface area (Å²) in [5.41, 5.74) is 6.92. The number of carbonyl (C=O) groups excluding carboxylic acids is 2. The first-order valence-electron chi connectivity index (χ1n) is 8.69. The molecule has 0 radical (unpaired) electrons. The molecule has 0 aliphatic rings. The predicted molar refractivity (Wildman–Crippen MR) is 113 cm³/mol. The average molecular weight is 426 g/mol. The smallest absolute Gasteiger partial charge is 0.307 e. The molecule has 9 nitrogen and oxygen atoms in total. The van der Waals surface area contributed by atoms with Gasteiger partial charge in [-0.15, -0.1) is 0 Å². The molecular weight excluding hydrogens is 408 g/mol. The molecule has 0 fully saturated rings. The number of nitrogens with two attached hydrogens (primary N) is 1. The molecule has 2 amide bonds. The van der Waals surface area contributed by atoms with Gasteiger partial charge in [-0.05, 0) is 42.0 Å². The van der Waals surface area contributed by atoms with E-state index in [1.807, 2.05) is 0 Å². The number of aromatic nitrogens is 1. The van der Waals surface area contributed by atoms with E-state index in [0.717, 1.165) is 11.3 Å². The van der Waals surface area contributed by atoms with E-state index in [-0.39, 0.29) is 17.1 Å². The minimum atomic E-state index is -0.958. The van der Waals surface area contributed by atoms with Gasteiger partial charge in [-0.3, -0.25) is 14.4 Å². The molecule has 0 aliphatic carbocycles. The number of aliphatic carboxylic acids is 1. The predicted octanol–water partition coefficient (Wildman–Crippen LogP) is 2.87. The van der Waals surface area contributed by atoms with E-state index in [2.05, 4.69) is 15.6 Å². The lowest BCUT2D eigenvalue weighted by atomic mass is 10.1. The standard InChI is InChI=1S/C20H18N4O5S/c1-29-14-8-6-13(7-9-14)22-20-23-16(17(21)27)19(30-20)24-18(28)12-4-2-11(3-5-12)10-15(25)26/h2-9H,10H2,1H3,(H2,21,27)(H,22,23)(H,24,28)(H,25,26). The Morgan fingerprint density at radius 3 is 2.33 bits per heavy atom. The largest absolute Gasteiger partial charge is 0.497 e. The Morgan fingerprint density at radius 2 is 1.77 bits per heavy atom. The van der Waals surface area contributed by atoms with Crippen molar-refractivity contribution in [3.8, 4) is 5.75 Å². The number of thiazole rings is 1. The highest BCUT2D eigenvalue weighted by Gasteiger charge is 2.19. The summed E-state index contributed by atoms with van der Waals surface area (Å²) in [6.45, 7) is 0. The SMILES string of the molecule is COc1ccc(Nc2nc(C(N)=O)c(NC(=O)c3ccc(CC(=O)O)cc3)s2)cc1. The van der Waals surface area contributed by atoms with Crippen LogP contribution in [-0.4, -0.2) is 35.0 Å². The first-order valence-corrected chi connectivity index (χ1v) is 9.51. The number of carboxylic acids is 1. The second-order valence-electron chi connectivity index (χ2n) is 6.14. The molecule has 154 valence electrons. The molecule has 2 aromatic carbocycles. The van der Waals surface area contributed by atoms with Gasteiger partial charge in [0.2, 0.25) is 0 Å². The highest BCUT2D eigenvalue weighted by atomic mass is 32.1. The van der Waals surface area contributed by atoms with Crippen LogP contribution in [0.5, 0.6) is 5.75 Å².